The molecule has 98 valence electrons. The maximum absolute atomic E-state index is 11.4. The van der Waals surface area contributed by atoms with Crippen molar-refractivity contribution in [3.05, 3.63) is 23.9 Å². The highest BCUT2D eigenvalue weighted by Gasteiger charge is 2.27. The fourth-order valence-electron chi connectivity index (χ4n) is 2.56. The SMILES string of the molecule is NC(=O)c1cccnc1N1CCCC1CCCO. The van der Waals surface area contributed by atoms with Gasteiger partial charge in [-0.15, -0.1) is 0 Å². The first-order valence-electron chi connectivity index (χ1n) is 6.36. The molecule has 1 saturated heterocycles. The van der Waals surface area contributed by atoms with E-state index in [1.54, 1.807) is 18.3 Å². The normalized spacial score (nSPS) is 19.2. The van der Waals surface area contributed by atoms with E-state index in [0.29, 0.717) is 17.4 Å². The van der Waals surface area contributed by atoms with E-state index < -0.39 is 5.91 Å². The molecule has 3 N–H and O–H groups in total. The predicted molar refractivity (Wildman–Crippen MR) is 69.4 cm³/mol. The Bertz CT molecular complexity index is 422. The number of amides is 1. The van der Waals surface area contributed by atoms with Crippen molar-refractivity contribution >= 4 is 11.7 Å². The number of aliphatic hydroxyl groups is 1. The van der Waals surface area contributed by atoms with Crippen molar-refractivity contribution in [3.63, 3.8) is 0 Å². The van der Waals surface area contributed by atoms with Gasteiger partial charge in [0, 0.05) is 25.4 Å². The Morgan fingerprint density at radius 1 is 1.61 bits per heavy atom. The Labute approximate surface area is 107 Å². The van der Waals surface area contributed by atoms with Crippen LogP contribution in [-0.2, 0) is 0 Å². The number of anilines is 1. The molecule has 5 heteroatoms. The van der Waals surface area contributed by atoms with Gasteiger partial charge in [0.15, 0.2) is 0 Å². The number of primary amides is 1. The zero-order valence-corrected chi connectivity index (χ0v) is 10.4. The quantitative estimate of drug-likeness (QED) is 0.813. The summed E-state index contributed by atoms with van der Waals surface area (Å²) in [7, 11) is 0. The number of hydrogen-bond donors (Lipinski definition) is 2. The molecule has 1 atom stereocenters. The van der Waals surface area contributed by atoms with Crippen molar-refractivity contribution in [1.29, 1.82) is 0 Å². The molecule has 0 radical (unpaired) electrons. The molecular formula is C13H19N3O2. The van der Waals surface area contributed by atoms with E-state index in [-0.39, 0.29) is 6.61 Å². The number of aromatic nitrogens is 1. The van der Waals surface area contributed by atoms with Crippen LogP contribution in [0.4, 0.5) is 5.82 Å². The minimum Gasteiger partial charge on any atom is -0.396 e. The summed E-state index contributed by atoms with van der Waals surface area (Å²) in [4.78, 5) is 17.9. The van der Waals surface area contributed by atoms with E-state index in [4.69, 9.17) is 10.8 Å². The molecule has 2 heterocycles. The zero-order valence-electron chi connectivity index (χ0n) is 10.4. The summed E-state index contributed by atoms with van der Waals surface area (Å²) in [5.74, 6) is 0.247. The second-order valence-corrected chi connectivity index (χ2v) is 4.59. The second-order valence-electron chi connectivity index (χ2n) is 4.59. The lowest BCUT2D eigenvalue weighted by atomic mass is 10.1. The van der Waals surface area contributed by atoms with Gasteiger partial charge in [-0.2, -0.15) is 0 Å². The summed E-state index contributed by atoms with van der Waals surface area (Å²) < 4.78 is 0. The molecule has 1 aromatic heterocycles. The third-order valence-corrected chi connectivity index (χ3v) is 3.40. The van der Waals surface area contributed by atoms with Crippen LogP contribution in [0.1, 0.15) is 36.0 Å². The first-order valence-corrected chi connectivity index (χ1v) is 6.36. The molecule has 0 bridgehead atoms. The molecule has 18 heavy (non-hydrogen) atoms. The number of aliphatic hydroxyl groups excluding tert-OH is 1. The number of hydrogen-bond acceptors (Lipinski definition) is 4. The Balaban J connectivity index is 2.21. The Hall–Kier alpha value is -1.62. The second kappa shape index (κ2) is 5.82. The van der Waals surface area contributed by atoms with Crippen molar-refractivity contribution in [2.45, 2.75) is 31.7 Å². The van der Waals surface area contributed by atoms with Crippen LogP contribution in [0.15, 0.2) is 18.3 Å². The summed E-state index contributed by atoms with van der Waals surface area (Å²) >= 11 is 0. The fraction of sp³-hybridized carbons (Fsp3) is 0.538. The molecule has 0 aliphatic carbocycles. The Morgan fingerprint density at radius 3 is 3.17 bits per heavy atom. The summed E-state index contributed by atoms with van der Waals surface area (Å²) in [6, 6.07) is 3.79. The van der Waals surface area contributed by atoms with E-state index in [9.17, 15) is 4.79 Å². The minimum absolute atomic E-state index is 0.204. The predicted octanol–water partition coefficient (Wildman–Crippen LogP) is 0.922. The van der Waals surface area contributed by atoms with E-state index in [2.05, 4.69) is 9.88 Å². The molecule has 1 aliphatic rings. The zero-order chi connectivity index (χ0) is 13.0. The van der Waals surface area contributed by atoms with Crippen LogP contribution in [0.25, 0.3) is 0 Å². The van der Waals surface area contributed by atoms with Gasteiger partial charge in [0.1, 0.15) is 5.82 Å². The summed E-state index contributed by atoms with van der Waals surface area (Å²) in [6.07, 6.45) is 5.55. The number of nitrogens with zero attached hydrogens (tertiary/aromatic N) is 2. The lowest BCUT2D eigenvalue weighted by Gasteiger charge is -2.26. The fourth-order valence-corrected chi connectivity index (χ4v) is 2.56. The highest BCUT2D eigenvalue weighted by Crippen LogP contribution is 2.28. The molecule has 1 aromatic rings. The van der Waals surface area contributed by atoms with Gasteiger partial charge in [-0.3, -0.25) is 4.79 Å². The van der Waals surface area contributed by atoms with Crippen molar-refractivity contribution < 1.29 is 9.90 Å². The standard InChI is InChI=1S/C13H19N3O2/c14-12(18)11-6-1-7-15-13(11)16-8-2-4-10(16)5-3-9-17/h1,6-7,10,17H,2-5,8-9H2,(H2,14,18). The van der Waals surface area contributed by atoms with Crippen LogP contribution in [0.2, 0.25) is 0 Å². The van der Waals surface area contributed by atoms with Gasteiger partial charge in [0.2, 0.25) is 0 Å². The number of rotatable bonds is 5. The maximum Gasteiger partial charge on any atom is 0.252 e. The topological polar surface area (TPSA) is 79.5 Å². The number of carbonyl (C=O) groups excluding carboxylic acids is 1. The molecule has 5 nitrogen and oxygen atoms in total. The van der Waals surface area contributed by atoms with E-state index >= 15 is 0 Å². The highest BCUT2D eigenvalue weighted by molar-refractivity contribution is 5.97. The average Bonchev–Trinajstić information content (AvgIpc) is 2.84. The first kappa shape index (κ1) is 12.8. The Morgan fingerprint density at radius 2 is 2.44 bits per heavy atom. The van der Waals surface area contributed by atoms with Gasteiger partial charge in [0.25, 0.3) is 5.91 Å². The van der Waals surface area contributed by atoms with Gasteiger partial charge in [-0.05, 0) is 37.8 Å². The van der Waals surface area contributed by atoms with Gasteiger partial charge in [0.05, 0.1) is 5.56 Å². The monoisotopic (exact) mass is 249 g/mol. The molecule has 1 unspecified atom stereocenters. The molecule has 1 fully saturated rings. The van der Waals surface area contributed by atoms with Crippen LogP contribution in [-0.4, -0.2) is 35.2 Å². The van der Waals surface area contributed by atoms with Crippen LogP contribution < -0.4 is 10.6 Å². The largest absolute Gasteiger partial charge is 0.396 e. The molecular weight excluding hydrogens is 230 g/mol. The summed E-state index contributed by atoms with van der Waals surface area (Å²) in [5.41, 5.74) is 5.86. The smallest absolute Gasteiger partial charge is 0.252 e. The van der Waals surface area contributed by atoms with Crippen LogP contribution in [0, 0.1) is 0 Å². The van der Waals surface area contributed by atoms with Gasteiger partial charge in [-0.1, -0.05) is 0 Å². The molecule has 1 aliphatic heterocycles. The number of carbonyl (C=O) groups is 1. The van der Waals surface area contributed by atoms with Crippen LogP contribution in [0.5, 0.6) is 0 Å². The minimum atomic E-state index is -0.439. The van der Waals surface area contributed by atoms with Crippen molar-refractivity contribution in [3.8, 4) is 0 Å². The third kappa shape index (κ3) is 2.61. The summed E-state index contributed by atoms with van der Waals surface area (Å²) in [6.45, 7) is 1.10. The van der Waals surface area contributed by atoms with E-state index in [0.717, 1.165) is 32.2 Å². The van der Waals surface area contributed by atoms with Gasteiger partial charge in [-0.25, -0.2) is 4.98 Å². The van der Waals surface area contributed by atoms with Gasteiger partial charge < -0.3 is 15.7 Å². The average molecular weight is 249 g/mol. The number of pyridine rings is 1. The Kier molecular flexibility index (Phi) is 4.15. The third-order valence-electron chi connectivity index (χ3n) is 3.40. The molecule has 0 saturated carbocycles. The van der Waals surface area contributed by atoms with Crippen molar-refractivity contribution in [2.24, 2.45) is 5.73 Å². The molecule has 0 spiro atoms. The van der Waals surface area contributed by atoms with Gasteiger partial charge >= 0.3 is 0 Å². The lowest BCUT2D eigenvalue weighted by molar-refractivity contribution is 0.100. The summed E-state index contributed by atoms with van der Waals surface area (Å²) in [5, 5.41) is 8.92. The number of nitrogens with two attached hydrogens (primary N) is 1. The molecule has 2 rings (SSSR count). The van der Waals surface area contributed by atoms with E-state index in [1.807, 2.05) is 0 Å². The molecule has 0 aromatic carbocycles. The first-order chi connectivity index (χ1) is 8.74. The van der Waals surface area contributed by atoms with Crippen molar-refractivity contribution in [2.75, 3.05) is 18.1 Å². The van der Waals surface area contributed by atoms with E-state index in [1.165, 1.54) is 0 Å². The van der Waals surface area contributed by atoms with Crippen molar-refractivity contribution in [1.82, 2.24) is 4.98 Å². The molecule has 1 amide bonds. The highest BCUT2D eigenvalue weighted by atomic mass is 16.2. The van der Waals surface area contributed by atoms with Crippen LogP contribution >= 0.6 is 0 Å². The lowest BCUT2D eigenvalue weighted by Crippen LogP contribution is -2.32. The van der Waals surface area contributed by atoms with Crippen LogP contribution in [0.3, 0.4) is 0 Å². The maximum atomic E-state index is 11.4.